The third-order valence-corrected chi connectivity index (χ3v) is 7.37. The number of hydrogen-bond donors (Lipinski definition) is 3. The maximum absolute atomic E-state index is 13.8. The van der Waals surface area contributed by atoms with E-state index in [2.05, 4.69) is 10.6 Å². The lowest BCUT2D eigenvalue weighted by atomic mass is 9.99. The van der Waals surface area contributed by atoms with E-state index in [1.54, 1.807) is 47.4 Å². The number of ether oxygens (including phenoxy) is 1. The molecular formula is C35H43F2N3O5. The fourth-order valence-corrected chi connectivity index (χ4v) is 5.15. The molecule has 2 amide bonds. The molecule has 3 rings (SSSR count). The summed E-state index contributed by atoms with van der Waals surface area (Å²) in [6.45, 7) is 7.52. The summed E-state index contributed by atoms with van der Waals surface area (Å²) >= 11 is 0. The van der Waals surface area contributed by atoms with Crippen molar-refractivity contribution in [2.75, 3.05) is 26.7 Å². The number of aliphatic hydroxyl groups excluding tert-OH is 1. The fraction of sp³-hybridized carbons (Fsp3) is 0.400. The number of halogens is 2. The lowest BCUT2D eigenvalue weighted by molar-refractivity contribution is 0.0600. The number of carbonyl (C=O) groups is 3. The quantitative estimate of drug-likeness (QED) is 0.189. The average Bonchev–Trinajstić information content (AvgIpc) is 3.01. The van der Waals surface area contributed by atoms with Gasteiger partial charge in [-0.15, -0.1) is 0 Å². The highest BCUT2D eigenvalue weighted by molar-refractivity contribution is 6.00. The average molecular weight is 624 g/mol. The van der Waals surface area contributed by atoms with Crippen molar-refractivity contribution < 1.29 is 33.0 Å². The monoisotopic (exact) mass is 623 g/mol. The van der Waals surface area contributed by atoms with Gasteiger partial charge >= 0.3 is 5.97 Å². The number of esters is 1. The van der Waals surface area contributed by atoms with E-state index >= 15 is 0 Å². The van der Waals surface area contributed by atoms with Crippen molar-refractivity contribution >= 4 is 17.8 Å². The molecule has 0 aliphatic carbocycles. The van der Waals surface area contributed by atoms with Crippen LogP contribution in [0.5, 0.6) is 0 Å². The van der Waals surface area contributed by atoms with Crippen molar-refractivity contribution in [2.45, 2.75) is 65.1 Å². The molecule has 0 unspecified atom stereocenters. The lowest BCUT2D eigenvalue weighted by Gasteiger charge is -2.25. The number of benzene rings is 3. The maximum atomic E-state index is 13.8. The Labute approximate surface area is 263 Å². The van der Waals surface area contributed by atoms with Crippen LogP contribution in [0.15, 0.2) is 60.7 Å². The van der Waals surface area contributed by atoms with Crippen molar-refractivity contribution in [1.29, 1.82) is 0 Å². The first-order valence-electron chi connectivity index (χ1n) is 15.3. The number of aliphatic hydroxyl groups is 1. The highest BCUT2D eigenvalue weighted by Crippen LogP contribution is 2.16. The second kappa shape index (κ2) is 17.4. The summed E-state index contributed by atoms with van der Waals surface area (Å²) in [5, 5.41) is 17.2. The van der Waals surface area contributed by atoms with Crippen LogP contribution in [-0.2, 0) is 17.7 Å². The Balaban J connectivity index is 1.76. The number of amides is 2. The topological polar surface area (TPSA) is 108 Å². The third-order valence-electron chi connectivity index (χ3n) is 7.37. The molecule has 2 atom stereocenters. The smallest absolute Gasteiger partial charge is 0.337 e. The Kier molecular flexibility index (Phi) is 13.6. The van der Waals surface area contributed by atoms with Crippen molar-refractivity contribution in [1.82, 2.24) is 15.5 Å². The molecule has 0 heterocycles. The zero-order valence-electron chi connectivity index (χ0n) is 26.4. The first-order chi connectivity index (χ1) is 21.5. The van der Waals surface area contributed by atoms with Crippen LogP contribution in [0.2, 0.25) is 0 Å². The third kappa shape index (κ3) is 10.8. The summed E-state index contributed by atoms with van der Waals surface area (Å²) in [6.07, 6.45) is 0.965. The molecule has 0 spiro atoms. The minimum Gasteiger partial charge on any atom is -0.465 e. The van der Waals surface area contributed by atoms with Crippen molar-refractivity contribution in [3.8, 4) is 0 Å². The predicted octanol–water partition coefficient (Wildman–Crippen LogP) is 5.20. The largest absolute Gasteiger partial charge is 0.465 e. The molecule has 0 aliphatic heterocycles. The molecule has 0 bridgehead atoms. The lowest BCUT2D eigenvalue weighted by Crippen LogP contribution is -2.47. The Morgan fingerprint density at radius 2 is 1.49 bits per heavy atom. The first-order valence-corrected chi connectivity index (χ1v) is 15.3. The van der Waals surface area contributed by atoms with Gasteiger partial charge in [-0.1, -0.05) is 26.0 Å². The standard InChI is InChI=1S/C35H43F2N3O5/c1-5-13-40(14-6-2)34(43)28-16-23(3)15-27(19-28)33(42)39-31(12-9-25-17-29(36)20-30(37)18-25)32(41)22-38-21-24-7-10-26(11-8-24)35(44)45-4/h7-8,10-11,15-20,31-32,38,41H,5-6,9,12-14,21-22H2,1-4H3,(H,39,42)/t31-,32+/m0/s1. The van der Waals surface area contributed by atoms with Gasteiger partial charge in [0.05, 0.1) is 24.8 Å². The van der Waals surface area contributed by atoms with Gasteiger partial charge in [0, 0.05) is 43.4 Å². The number of aryl methyl sites for hydroxylation is 2. The fourth-order valence-electron chi connectivity index (χ4n) is 5.15. The number of rotatable bonds is 16. The van der Waals surface area contributed by atoms with E-state index in [1.165, 1.54) is 19.2 Å². The van der Waals surface area contributed by atoms with Gasteiger partial charge < -0.3 is 25.4 Å². The van der Waals surface area contributed by atoms with Gasteiger partial charge in [-0.2, -0.15) is 0 Å². The number of nitrogens with zero attached hydrogens (tertiary/aromatic N) is 1. The molecule has 8 nitrogen and oxygen atoms in total. The number of carbonyl (C=O) groups excluding carboxylic acids is 3. The van der Waals surface area contributed by atoms with Crippen LogP contribution in [0, 0.1) is 18.6 Å². The Morgan fingerprint density at radius 1 is 0.867 bits per heavy atom. The number of methoxy groups -OCH3 is 1. The second-order valence-corrected chi connectivity index (χ2v) is 11.2. The van der Waals surface area contributed by atoms with E-state index in [9.17, 15) is 28.3 Å². The van der Waals surface area contributed by atoms with Crippen LogP contribution < -0.4 is 10.6 Å². The van der Waals surface area contributed by atoms with Crippen molar-refractivity contribution in [2.24, 2.45) is 0 Å². The zero-order valence-corrected chi connectivity index (χ0v) is 26.4. The molecule has 3 N–H and O–H groups in total. The number of hydrogen-bond acceptors (Lipinski definition) is 6. The second-order valence-electron chi connectivity index (χ2n) is 11.2. The first kappa shape index (κ1) is 35.3. The van der Waals surface area contributed by atoms with Gasteiger partial charge in [0.1, 0.15) is 11.6 Å². The molecule has 3 aromatic carbocycles. The summed E-state index contributed by atoms with van der Waals surface area (Å²) < 4.78 is 32.4. The van der Waals surface area contributed by atoms with E-state index in [-0.39, 0.29) is 30.9 Å². The SMILES string of the molecule is CCCN(CCC)C(=O)c1cc(C)cc(C(=O)N[C@@H](CCc2cc(F)cc(F)c2)[C@H](O)CNCc2ccc(C(=O)OC)cc2)c1. The van der Waals surface area contributed by atoms with Crippen LogP contribution in [0.3, 0.4) is 0 Å². The summed E-state index contributed by atoms with van der Waals surface area (Å²) in [4.78, 5) is 40.2. The van der Waals surface area contributed by atoms with Crippen molar-refractivity contribution in [3.05, 3.63) is 106 Å². The number of nitrogens with one attached hydrogen (secondary N) is 2. The van der Waals surface area contributed by atoms with Gasteiger partial charge in [-0.3, -0.25) is 9.59 Å². The van der Waals surface area contributed by atoms with Gasteiger partial charge in [-0.25, -0.2) is 13.6 Å². The van der Waals surface area contributed by atoms with E-state index < -0.39 is 35.7 Å². The van der Waals surface area contributed by atoms with E-state index in [4.69, 9.17) is 4.74 Å². The molecular weight excluding hydrogens is 580 g/mol. The highest BCUT2D eigenvalue weighted by atomic mass is 19.1. The van der Waals surface area contributed by atoms with Crippen LogP contribution in [0.25, 0.3) is 0 Å². The molecule has 242 valence electrons. The molecule has 0 aliphatic rings. The highest BCUT2D eigenvalue weighted by Gasteiger charge is 2.24. The Bertz CT molecular complexity index is 1420. The van der Waals surface area contributed by atoms with Crippen LogP contribution in [0.1, 0.15) is 80.9 Å². The van der Waals surface area contributed by atoms with Crippen LogP contribution in [0.4, 0.5) is 8.78 Å². The van der Waals surface area contributed by atoms with Crippen LogP contribution >= 0.6 is 0 Å². The Hall–Kier alpha value is -4.15. The molecule has 3 aromatic rings. The summed E-state index contributed by atoms with van der Waals surface area (Å²) in [7, 11) is 1.31. The molecule has 0 fully saturated rings. The summed E-state index contributed by atoms with van der Waals surface area (Å²) in [6, 6.07) is 14.3. The van der Waals surface area contributed by atoms with E-state index in [0.29, 0.717) is 36.3 Å². The van der Waals surface area contributed by atoms with Gasteiger partial charge in [-0.05, 0) is 91.8 Å². The molecule has 0 aromatic heterocycles. The van der Waals surface area contributed by atoms with Gasteiger partial charge in [0.15, 0.2) is 0 Å². The summed E-state index contributed by atoms with van der Waals surface area (Å²) in [5.41, 5.74) is 3.11. The van der Waals surface area contributed by atoms with Crippen LogP contribution in [-0.4, -0.2) is 66.7 Å². The van der Waals surface area contributed by atoms with E-state index in [0.717, 1.165) is 30.0 Å². The molecule has 10 heteroatoms. The van der Waals surface area contributed by atoms with Crippen molar-refractivity contribution in [3.63, 3.8) is 0 Å². The van der Waals surface area contributed by atoms with Gasteiger partial charge in [0.2, 0.25) is 0 Å². The minimum absolute atomic E-state index is 0.0990. The predicted molar refractivity (Wildman–Crippen MR) is 169 cm³/mol. The Morgan fingerprint density at radius 3 is 2.09 bits per heavy atom. The maximum Gasteiger partial charge on any atom is 0.337 e. The molecule has 0 radical (unpaired) electrons. The molecule has 0 saturated heterocycles. The zero-order chi connectivity index (χ0) is 32.9. The summed E-state index contributed by atoms with van der Waals surface area (Å²) in [5.74, 6) is -2.47. The van der Waals surface area contributed by atoms with Gasteiger partial charge in [0.25, 0.3) is 11.8 Å². The molecule has 45 heavy (non-hydrogen) atoms. The minimum atomic E-state index is -1.06. The normalized spacial score (nSPS) is 12.3. The van der Waals surface area contributed by atoms with E-state index in [1.807, 2.05) is 20.8 Å². The molecule has 0 saturated carbocycles.